The molecule has 6 heteroatoms. The normalized spacial score (nSPS) is 12.5. The van der Waals surface area contributed by atoms with Crippen LogP contribution in [0.5, 0.6) is 0 Å². The number of ether oxygens (including phenoxy) is 2. The van der Waals surface area contributed by atoms with Gasteiger partial charge in [0.1, 0.15) is 0 Å². The first-order chi connectivity index (χ1) is 9.06. The second-order valence-corrected chi connectivity index (χ2v) is 5.41. The van der Waals surface area contributed by atoms with E-state index in [0.29, 0.717) is 19.1 Å². The quantitative estimate of drug-likeness (QED) is 0.743. The van der Waals surface area contributed by atoms with Crippen LogP contribution in [-0.2, 0) is 20.7 Å². The molecule has 0 aliphatic rings. The van der Waals surface area contributed by atoms with Gasteiger partial charge >= 0.3 is 5.97 Å². The van der Waals surface area contributed by atoms with Gasteiger partial charge in [0.05, 0.1) is 31.9 Å². The summed E-state index contributed by atoms with van der Waals surface area (Å²) in [6.07, 6.45) is 0.215. The van der Waals surface area contributed by atoms with E-state index in [4.69, 9.17) is 4.74 Å². The summed E-state index contributed by atoms with van der Waals surface area (Å²) in [5.41, 5.74) is 0.735. The van der Waals surface area contributed by atoms with Gasteiger partial charge in [-0.25, -0.2) is 4.98 Å². The van der Waals surface area contributed by atoms with Crippen molar-refractivity contribution in [2.75, 3.05) is 25.6 Å². The number of hydrogen-bond acceptors (Lipinski definition) is 6. The Labute approximate surface area is 118 Å². The van der Waals surface area contributed by atoms with E-state index in [-0.39, 0.29) is 18.4 Å². The minimum absolute atomic E-state index is 0.215. The fraction of sp³-hybridized carbons (Fsp3) is 0.692. The van der Waals surface area contributed by atoms with Gasteiger partial charge in [0.2, 0.25) is 0 Å². The largest absolute Gasteiger partial charge is 0.469 e. The highest BCUT2D eigenvalue weighted by Gasteiger charge is 2.15. The number of nitrogens with one attached hydrogen (secondary N) is 1. The lowest BCUT2D eigenvalue weighted by molar-refractivity contribution is -0.139. The van der Waals surface area contributed by atoms with Crippen LogP contribution in [0.4, 0.5) is 5.13 Å². The summed E-state index contributed by atoms with van der Waals surface area (Å²) in [4.78, 5) is 15.5. The lowest BCUT2D eigenvalue weighted by Crippen LogP contribution is -2.30. The lowest BCUT2D eigenvalue weighted by Gasteiger charge is -2.21. The third-order valence-electron chi connectivity index (χ3n) is 2.72. The van der Waals surface area contributed by atoms with Gasteiger partial charge < -0.3 is 14.8 Å². The first kappa shape index (κ1) is 15.9. The van der Waals surface area contributed by atoms with E-state index in [1.54, 1.807) is 0 Å². The van der Waals surface area contributed by atoms with Gasteiger partial charge in [-0.3, -0.25) is 4.79 Å². The molecule has 0 bridgehead atoms. The van der Waals surface area contributed by atoms with Crippen molar-refractivity contribution in [3.63, 3.8) is 0 Å². The van der Waals surface area contributed by atoms with Crippen LogP contribution >= 0.6 is 11.3 Å². The Hall–Kier alpha value is -1.14. The van der Waals surface area contributed by atoms with Crippen molar-refractivity contribution in [3.05, 3.63) is 11.1 Å². The number of esters is 1. The second kappa shape index (κ2) is 8.12. The van der Waals surface area contributed by atoms with Crippen molar-refractivity contribution >= 4 is 22.4 Å². The van der Waals surface area contributed by atoms with Crippen molar-refractivity contribution in [3.8, 4) is 0 Å². The fourth-order valence-corrected chi connectivity index (χ4v) is 2.25. The number of anilines is 1. The average Bonchev–Trinajstić information content (AvgIpc) is 2.81. The molecule has 108 valence electrons. The van der Waals surface area contributed by atoms with Gasteiger partial charge in [0, 0.05) is 12.0 Å². The highest BCUT2D eigenvalue weighted by atomic mass is 32.1. The summed E-state index contributed by atoms with van der Waals surface area (Å²) in [6, 6.07) is 0.220. The van der Waals surface area contributed by atoms with Crippen molar-refractivity contribution < 1.29 is 14.3 Å². The SMILES string of the molecule is CCOCC(Nc1nc(CC(=O)OC)cs1)C(C)C. The van der Waals surface area contributed by atoms with Crippen LogP contribution in [0.25, 0.3) is 0 Å². The molecule has 1 aromatic rings. The molecule has 0 aromatic carbocycles. The van der Waals surface area contributed by atoms with Crippen LogP contribution in [0.3, 0.4) is 0 Å². The zero-order valence-corrected chi connectivity index (χ0v) is 12.8. The molecule has 1 N–H and O–H groups in total. The molecule has 5 nitrogen and oxygen atoms in total. The Morgan fingerprint density at radius 1 is 1.53 bits per heavy atom. The summed E-state index contributed by atoms with van der Waals surface area (Å²) >= 11 is 1.50. The molecule has 0 aliphatic heterocycles. The Balaban J connectivity index is 2.57. The van der Waals surface area contributed by atoms with E-state index in [1.807, 2.05) is 12.3 Å². The molecule has 1 atom stereocenters. The zero-order chi connectivity index (χ0) is 14.3. The van der Waals surface area contributed by atoms with E-state index in [0.717, 1.165) is 10.8 Å². The number of aromatic nitrogens is 1. The van der Waals surface area contributed by atoms with Gasteiger partial charge in [-0.2, -0.15) is 0 Å². The number of hydrogen-bond donors (Lipinski definition) is 1. The highest BCUT2D eigenvalue weighted by molar-refractivity contribution is 7.13. The first-order valence-electron chi connectivity index (χ1n) is 6.42. The van der Waals surface area contributed by atoms with Gasteiger partial charge in [-0.1, -0.05) is 13.8 Å². The number of carbonyl (C=O) groups excluding carboxylic acids is 1. The maximum Gasteiger partial charge on any atom is 0.311 e. The maximum absolute atomic E-state index is 11.2. The Bertz CT molecular complexity index is 393. The van der Waals surface area contributed by atoms with Crippen LogP contribution in [-0.4, -0.2) is 37.3 Å². The lowest BCUT2D eigenvalue weighted by atomic mass is 10.1. The van der Waals surface area contributed by atoms with Crippen LogP contribution in [0, 0.1) is 5.92 Å². The second-order valence-electron chi connectivity index (χ2n) is 4.55. The average molecular weight is 286 g/mol. The van der Waals surface area contributed by atoms with E-state index in [1.165, 1.54) is 18.4 Å². The summed E-state index contributed by atoms with van der Waals surface area (Å²) in [6.45, 7) is 7.62. The molecule has 0 saturated heterocycles. The molecule has 1 unspecified atom stereocenters. The minimum Gasteiger partial charge on any atom is -0.469 e. The van der Waals surface area contributed by atoms with Gasteiger partial charge in [0.15, 0.2) is 5.13 Å². The van der Waals surface area contributed by atoms with Gasteiger partial charge in [0.25, 0.3) is 0 Å². The molecular weight excluding hydrogens is 264 g/mol. The van der Waals surface area contributed by atoms with Gasteiger partial charge in [-0.15, -0.1) is 11.3 Å². The third kappa shape index (κ3) is 5.57. The Morgan fingerprint density at radius 3 is 2.84 bits per heavy atom. The van der Waals surface area contributed by atoms with Crippen LogP contribution in [0.15, 0.2) is 5.38 Å². The molecule has 1 heterocycles. The number of carbonyl (C=O) groups is 1. The minimum atomic E-state index is -0.272. The third-order valence-corrected chi connectivity index (χ3v) is 3.54. The van der Waals surface area contributed by atoms with Crippen LogP contribution < -0.4 is 5.32 Å². The molecule has 0 saturated carbocycles. The van der Waals surface area contributed by atoms with E-state index < -0.39 is 0 Å². The molecule has 0 aliphatic carbocycles. The van der Waals surface area contributed by atoms with Crippen LogP contribution in [0.1, 0.15) is 26.5 Å². The van der Waals surface area contributed by atoms with E-state index in [9.17, 15) is 4.79 Å². The van der Waals surface area contributed by atoms with Crippen molar-refractivity contribution in [1.29, 1.82) is 0 Å². The summed E-state index contributed by atoms with van der Waals surface area (Å²) in [7, 11) is 1.38. The fourth-order valence-electron chi connectivity index (χ4n) is 1.48. The number of rotatable bonds is 8. The van der Waals surface area contributed by atoms with Crippen molar-refractivity contribution in [2.24, 2.45) is 5.92 Å². The first-order valence-corrected chi connectivity index (χ1v) is 7.30. The predicted molar refractivity (Wildman–Crippen MR) is 76.6 cm³/mol. The Kier molecular flexibility index (Phi) is 6.80. The van der Waals surface area contributed by atoms with E-state index in [2.05, 4.69) is 28.9 Å². The molecule has 0 radical (unpaired) electrons. The summed E-state index contributed by atoms with van der Waals surface area (Å²) < 4.78 is 10.1. The molecule has 0 spiro atoms. The van der Waals surface area contributed by atoms with Crippen LogP contribution in [0.2, 0.25) is 0 Å². The molecular formula is C13H22N2O3S. The topological polar surface area (TPSA) is 60.5 Å². The van der Waals surface area contributed by atoms with E-state index >= 15 is 0 Å². The summed E-state index contributed by atoms with van der Waals surface area (Å²) in [5.74, 6) is 0.172. The maximum atomic E-state index is 11.2. The standard InChI is InChI=1S/C13H22N2O3S/c1-5-18-7-11(9(2)3)15-13-14-10(8-19-13)6-12(16)17-4/h8-9,11H,5-7H2,1-4H3,(H,14,15). The van der Waals surface area contributed by atoms with Gasteiger partial charge in [-0.05, 0) is 12.8 Å². The number of nitrogens with zero attached hydrogens (tertiary/aromatic N) is 1. The number of methoxy groups -OCH3 is 1. The molecule has 19 heavy (non-hydrogen) atoms. The molecule has 1 rings (SSSR count). The van der Waals surface area contributed by atoms with Crippen molar-refractivity contribution in [1.82, 2.24) is 4.98 Å². The summed E-state index contributed by atoms with van der Waals surface area (Å²) in [5, 5.41) is 6.04. The Morgan fingerprint density at radius 2 is 2.26 bits per heavy atom. The smallest absolute Gasteiger partial charge is 0.311 e. The highest BCUT2D eigenvalue weighted by Crippen LogP contribution is 2.19. The number of thiazole rings is 1. The zero-order valence-electron chi connectivity index (χ0n) is 11.9. The molecule has 0 amide bonds. The van der Waals surface area contributed by atoms with Crippen molar-refractivity contribution in [2.45, 2.75) is 33.2 Å². The predicted octanol–water partition coefficient (Wildman–Crippen LogP) is 2.33. The monoisotopic (exact) mass is 286 g/mol. The molecule has 0 fully saturated rings. The molecule has 1 aromatic heterocycles.